The normalized spacial score (nSPS) is 11.1. The Hall–Kier alpha value is -2.95. The van der Waals surface area contributed by atoms with Gasteiger partial charge in [0.15, 0.2) is 11.5 Å². The van der Waals surface area contributed by atoms with E-state index in [1.165, 1.54) is 11.3 Å². The fourth-order valence-corrected chi connectivity index (χ4v) is 2.95. The van der Waals surface area contributed by atoms with E-state index in [1.807, 2.05) is 30.8 Å². The van der Waals surface area contributed by atoms with Gasteiger partial charge in [-0.1, -0.05) is 6.07 Å². The van der Waals surface area contributed by atoms with Crippen LogP contribution in [0.1, 0.15) is 22.5 Å². The Morgan fingerprint density at radius 2 is 1.65 bits per heavy atom. The summed E-state index contributed by atoms with van der Waals surface area (Å²) in [5.74, 6) is -0.754. The minimum atomic E-state index is -5.08. The number of hydrogen-bond acceptors (Lipinski definition) is 6. The number of aromatic nitrogens is 2. The zero-order valence-electron chi connectivity index (χ0n) is 18.6. The molecule has 1 aromatic heterocycles. The number of halogens is 3. The number of carboxylic acid groups (broad SMARTS) is 1. The van der Waals surface area contributed by atoms with E-state index in [1.54, 1.807) is 21.3 Å². The Kier molecular flexibility index (Phi) is 9.17. The summed E-state index contributed by atoms with van der Waals surface area (Å²) in [6.45, 7) is 5.70. The van der Waals surface area contributed by atoms with Gasteiger partial charge in [0.2, 0.25) is 5.75 Å². The maximum absolute atomic E-state index is 10.6. The van der Waals surface area contributed by atoms with E-state index < -0.39 is 12.1 Å². The Labute approximate surface area is 179 Å². The lowest BCUT2D eigenvalue weighted by Gasteiger charge is -2.21. The van der Waals surface area contributed by atoms with Crippen LogP contribution in [0.5, 0.6) is 17.2 Å². The van der Waals surface area contributed by atoms with Gasteiger partial charge in [-0.25, -0.2) is 4.79 Å². The van der Waals surface area contributed by atoms with Crippen molar-refractivity contribution in [3.05, 3.63) is 34.6 Å². The second-order valence-electron chi connectivity index (χ2n) is 6.74. The number of nitrogens with zero attached hydrogens (tertiary/aromatic N) is 3. The molecule has 0 fully saturated rings. The lowest BCUT2D eigenvalue weighted by atomic mass is 10.1. The van der Waals surface area contributed by atoms with E-state index >= 15 is 0 Å². The summed E-state index contributed by atoms with van der Waals surface area (Å²) >= 11 is 0. The van der Waals surface area contributed by atoms with Crippen LogP contribution in [0, 0.1) is 13.8 Å². The molecule has 0 saturated heterocycles. The van der Waals surface area contributed by atoms with Crippen molar-refractivity contribution < 1.29 is 37.3 Å². The molecule has 0 unspecified atom stereocenters. The molecule has 1 N–H and O–H groups in total. The second-order valence-corrected chi connectivity index (χ2v) is 6.74. The van der Waals surface area contributed by atoms with Gasteiger partial charge in [-0.05, 0) is 27.0 Å². The fraction of sp³-hybridized carbons (Fsp3) is 0.500. The topological polar surface area (TPSA) is 86.0 Å². The summed E-state index contributed by atoms with van der Waals surface area (Å²) in [6.07, 6.45) is -5.08. The van der Waals surface area contributed by atoms with Crippen molar-refractivity contribution in [1.29, 1.82) is 0 Å². The molecular formula is C20H28F3N3O5. The van der Waals surface area contributed by atoms with Crippen molar-refractivity contribution in [2.75, 3.05) is 28.4 Å². The van der Waals surface area contributed by atoms with Crippen LogP contribution in [-0.2, 0) is 24.9 Å². The van der Waals surface area contributed by atoms with Gasteiger partial charge in [0, 0.05) is 37.0 Å². The van der Waals surface area contributed by atoms with Crippen LogP contribution in [0.2, 0.25) is 0 Å². The van der Waals surface area contributed by atoms with Crippen molar-refractivity contribution in [3.8, 4) is 17.2 Å². The second kappa shape index (κ2) is 10.9. The first-order valence-electron chi connectivity index (χ1n) is 9.12. The van der Waals surface area contributed by atoms with E-state index in [-0.39, 0.29) is 0 Å². The van der Waals surface area contributed by atoms with Gasteiger partial charge in [-0.2, -0.15) is 18.3 Å². The van der Waals surface area contributed by atoms with Crippen molar-refractivity contribution in [2.24, 2.45) is 7.05 Å². The lowest BCUT2D eigenvalue weighted by Crippen LogP contribution is -2.21. The maximum Gasteiger partial charge on any atom is 0.490 e. The van der Waals surface area contributed by atoms with Gasteiger partial charge in [0.1, 0.15) is 0 Å². The number of methoxy groups -OCH3 is 3. The van der Waals surface area contributed by atoms with Crippen LogP contribution in [0.25, 0.3) is 0 Å². The average Bonchev–Trinajstić information content (AvgIpc) is 2.93. The molecular weight excluding hydrogens is 419 g/mol. The zero-order chi connectivity index (χ0) is 23.9. The van der Waals surface area contributed by atoms with E-state index in [4.69, 9.17) is 24.1 Å². The molecule has 0 aliphatic carbocycles. The molecule has 2 rings (SSSR count). The molecule has 1 aromatic carbocycles. The van der Waals surface area contributed by atoms with Gasteiger partial charge in [-0.3, -0.25) is 9.58 Å². The number of alkyl halides is 3. The number of aliphatic carboxylic acids is 1. The molecule has 0 aliphatic heterocycles. The third-order valence-electron chi connectivity index (χ3n) is 4.56. The van der Waals surface area contributed by atoms with Crippen LogP contribution < -0.4 is 14.2 Å². The minimum absolute atomic E-state index is 0.625. The summed E-state index contributed by atoms with van der Waals surface area (Å²) < 4.78 is 50.0. The van der Waals surface area contributed by atoms with Crippen molar-refractivity contribution >= 4 is 5.97 Å². The molecule has 0 aliphatic rings. The Morgan fingerprint density at radius 1 is 1.10 bits per heavy atom. The summed E-state index contributed by atoms with van der Waals surface area (Å²) in [5, 5.41) is 11.6. The first-order chi connectivity index (χ1) is 14.4. The van der Waals surface area contributed by atoms with Crippen LogP contribution >= 0.6 is 0 Å². The SMILES string of the molecule is COc1ccc(CN(C)Cc2c(C)nn(C)c2C)c(OC)c1OC.O=C(O)C(F)(F)F. The van der Waals surface area contributed by atoms with Gasteiger partial charge in [0.05, 0.1) is 27.0 Å². The zero-order valence-corrected chi connectivity index (χ0v) is 18.6. The van der Waals surface area contributed by atoms with Crippen LogP contribution in [0.4, 0.5) is 13.2 Å². The number of aryl methyl sites for hydroxylation is 2. The third-order valence-corrected chi connectivity index (χ3v) is 4.56. The highest BCUT2D eigenvalue weighted by Crippen LogP contribution is 2.40. The summed E-state index contributed by atoms with van der Waals surface area (Å²) in [5.41, 5.74) is 4.58. The van der Waals surface area contributed by atoms with Gasteiger partial charge in [-0.15, -0.1) is 0 Å². The van der Waals surface area contributed by atoms with Crippen LogP contribution in [0.3, 0.4) is 0 Å². The molecule has 2 aromatic rings. The van der Waals surface area contributed by atoms with Crippen molar-refractivity contribution in [1.82, 2.24) is 14.7 Å². The molecule has 0 amide bonds. The molecule has 0 atom stereocenters. The van der Waals surface area contributed by atoms with Crippen LogP contribution in [0.15, 0.2) is 12.1 Å². The van der Waals surface area contributed by atoms with E-state index in [0.717, 1.165) is 24.3 Å². The predicted octanol–water partition coefficient (Wildman–Crippen LogP) is 3.33. The number of hydrogen-bond donors (Lipinski definition) is 1. The van der Waals surface area contributed by atoms with Crippen LogP contribution in [-0.4, -0.2) is 60.3 Å². The highest BCUT2D eigenvalue weighted by Gasteiger charge is 2.38. The Morgan fingerprint density at radius 3 is 2.03 bits per heavy atom. The summed E-state index contributed by atoms with van der Waals surface area (Å²) in [6, 6.07) is 3.92. The highest BCUT2D eigenvalue weighted by molar-refractivity contribution is 5.73. The first-order valence-corrected chi connectivity index (χ1v) is 9.12. The van der Waals surface area contributed by atoms with Crippen molar-refractivity contribution in [2.45, 2.75) is 33.1 Å². The van der Waals surface area contributed by atoms with Crippen molar-refractivity contribution in [3.63, 3.8) is 0 Å². The smallest absolute Gasteiger partial charge is 0.490 e. The Bertz CT molecular complexity index is 897. The monoisotopic (exact) mass is 447 g/mol. The first kappa shape index (κ1) is 26.1. The predicted molar refractivity (Wildman–Crippen MR) is 108 cm³/mol. The molecule has 0 radical (unpaired) electrons. The molecule has 0 bridgehead atoms. The summed E-state index contributed by atoms with van der Waals surface area (Å²) in [4.78, 5) is 11.1. The van der Waals surface area contributed by atoms with E-state index in [0.29, 0.717) is 17.2 Å². The number of carboxylic acids is 1. The number of rotatable bonds is 7. The minimum Gasteiger partial charge on any atom is -0.493 e. The maximum atomic E-state index is 10.6. The number of ether oxygens (including phenoxy) is 3. The quantitative estimate of drug-likeness (QED) is 0.697. The lowest BCUT2D eigenvalue weighted by molar-refractivity contribution is -0.192. The molecule has 31 heavy (non-hydrogen) atoms. The van der Waals surface area contributed by atoms with Gasteiger partial charge in [0.25, 0.3) is 0 Å². The molecule has 8 nitrogen and oxygen atoms in total. The van der Waals surface area contributed by atoms with E-state index in [9.17, 15) is 13.2 Å². The van der Waals surface area contributed by atoms with Gasteiger partial charge < -0.3 is 19.3 Å². The number of carbonyl (C=O) groups is 1. The molecule has 174 valence electrons. The third kappa shape index (κ3) is 6.78. The summed E-state index contributed by atoms with van der Waals surface area (Å²) in [7, 11) is 8.95. The number of benzene rings is 1. The molecule has 0 saturated carbocycles. The highest BCUT2D eigenvalue weighted by atomic mass is 19.4. The molecule has 1 heterocycles. The fourth-order valence-electron chi connectivity index (χ4n) is 2.95. The Balaban J connectivity index is 0.000000592. The van der Waals surface area contributed by atoms with Gasteiger partial charge >= 0.3 is 12.1 Å². The standard InChI is InChI=1S/C18H27N3O3.C2HF3O2/c1-12-15(13(2)21(4)19-12)11-20(3)10-14-8-9-16(22-5)18(24-7)17(14)23-6;3-2(4,5)1(6)7/h8-9H,10-11H2,1-7H3;(H,6,7). The molecule has 0 spiro atoms. The average molecular weight is 447 g/mol. The molecule has 11 heteroatoms. The van der Waals surface area contributed by atoms with E-state index in [2.05, 4.69) is 24.0 Å². The largest absolute Gasteiger partial charge is 0.493 e.